The summed E-state index contributed by atoms with van der Waals surface area (Å²) in [6.45, 7) is 1.67. The third-order valence-electron chi connectivity index (χ3n) is 4.38. The Balaban J connectivity index is 1.90. The van der Waals surface area contributed by atoms with Gasteiger partial charge in [0.2, 0.25) is 5.91 Å². The van der Waals surface area contributed by atoms with E-state index in [1.54, 1.807) is 13.0 Å². The van der Waals surface area contributed by atoms with Crippen LogP contribution in [-0.4, -0.2) is 25.9 Å². The Bertz CT molecular complexity index is 1070. The summed E-state index contributed by atoms with van der Waals surface area (Å²) in [5.41, 5.74) is 0.863. The van der Waals surface area contributed by atoms with E-state index in [2.05, 4.69) is 20.6 Å². The third-order valence-corrected chi connectivity index (χ3v) is 4.58. The van der Waals surface area contributed by atoms with Crippen LogP contribution in [-0.2, 0) is 4.79 Å². The van der Waals surface area contributed by atoms with E-state index >= 15 is 0 Å². The van der Waals surface area contributed by atoms with Crippen molar-refractivity contribution in [1.29, 1.82) is 0 Å². The summed E-state index contributed by atoms with van der Waals surface area (Å²) in [6, 6.07) is 5.03. The highest BCUT2D eigenvalue weighted by Crippen LogP contribution is 2.41. The van der Waals surface area contributed by atoms with Gasteiger partial charge in [-0.05, 0) is 30.7 Å². The molecule has 0 fully saturated rings. The number of rotatable bonds is 2. The van der Waals surface area contributed by atoms with Gasteiger partial charge in [-0.2, -0.15) is 9.78 Å². The van der Waals surface area contributed by atoms with Gasteiger partial charge in [0, 0.05) is 17.9 Å². The van der Waals surface area contributed by atoms with Crippen LogP contribution in [0.25, 0.3) is 5.82 Å². The van der Waals surface area contributed by atoms with Crippen LogP contribution in [0.2, 0.25) is 5.15 Å². The van der Waals surface area contributed by atoms with E-state index in [1.165, 1.54) is 10.7 Å². The van der Waals surface area contributed by atoms with E-state index in [4.69, 9.17) is 11.6 Å². The third kappa shape index (κ3) is 2.84. The molecule has 6 nitrogen and oxygen atoms in total. The number of hydrogen-bond acceptors (Lipinski definition) is 4. The van der Waals surface area contributed by atoms with Crippen molar-refractivity contribution in [1.82, 2.24) is 20.0 Å². The summed E-state index contributed by atoms with van der Waals surface area (Å²) in [7, 11) is 0. The number of amides is 1. The van der Waals surface area contributed by atoms with Gasteiger partial charge in [0.1, 0.15) is 5.82 Å². The van der Waals surface area contributed by atoms with E-state index in [0.717, 1.165) is 12.1 Å². The average Bonchev–Trinajstić information content (AvgIpc) is 2.96. The summed E-state index contributed by atoms with van der Waals surface area (Å²) in [5.74, 6) is -4.86. The molecule has 3 aromatic rings. The molecule has 27 heavy (non-hydrogen) atoms. The molecule has 0 spiro atoms. The van der Waals surface area contributed by atoms with Crippen LogP contribution >= 0.6 is 11.6 Å². The molecule has 1 aliphatic heterocycles. The number of carbonyl (C=O) groups excluding carboxylic acids is 1. The topological polar surface area (TPSA) is 72.7 Å². The number of nitrogens with one attached hydrogen (secondary N) is 1. The zero-order valence-corrected chi connectivity index (χ0v) is 14.6. The number of aryl methyl sites for hydroxylation is 1. The van der Waals surface area contributed by atoms with Crippen LogP contribution in [0.15, 0.2) is 24.3 Å². The van der Waals surface area contributed by atoms with Crippen molar-refractivity contribution in [2.75, 3.05) is 5.32 Å². The van der Waals surface area contributed by atoms with E-state index in [1.807, 2.05) is 0 Å². The lowest BCUT2D eigenvalue weighted by Crippen LogP contribution is -2.25. The summed E-state index contributed by atoms with van der Waals surface area (Å²) < 4.78 is 42.7. The van der Waals surface area contributed by atoms with Gasteiger partial charge in [0.25, 0.3) is 0 Å². The maximum absolute atomic E-state index is 14.4. The number of benzene rings is 1. The number of halogens is 4. The lowest BCUT2D eigenvalue weighted by atomic mass is 9.85. The van der Waals surface area contributed by atoms with Crippen molar-refractivity contribution in [2.24, 2.45) is 0 Å². The Kier molecular flexibility index (Phi) is 4.11. The first-order chi connectivity index (χ1) is 12.9. The van der Waals surface area contributed by atoms with Crippen molar-refractivity contribution in [3.8, 4) is 5.82 Å². The fourth-order valence-electron chi connectivity index (χ4n) is 3.21. The molecular formula is C17H11ClF3N5O. The van der Waals surface area contributed by atoms with Crippen LogP contribution in [0.1, 0.15) is 29.2 Å². The Morgan fingerprint density at radius 2 is 1.93 bits per heavy atom. The largest absolute Gasteiger partial charge is 0.310 e. The van der Waals surface area contributed by atoms with E-state index < -0.39 is 29.3 Å². The number of nitrogens with zero attached hydrogens (tertiary/aromatic N) is 4. The second-order valence-electron chi connectivity index (χ2n) is 6.04. The van der Waals surface area contributed by atoms with Gasteiger partial charge in [-0.25, -0.2) is 13.2 Å². The Morgan fingerprint density at radius 3 is 2.63 bits per heavy atom. The molecule has 0 saturated carbocycles. The van der Waals surface area contributed by atoms with Crippen LogP contribution in [0.3, 0.4) is 0 Å². The number of fused-ring (bicyclic) bond motifs is 1. The van der Waals surface area contributed by atoms with Gasteiger partial charge in [0.05, 0.1) is 5.69 Å². The molecule has 0 saturated heterocycles. The van der Waals surface area contributed by atoms with Crippen LogP contribution in [0.4, 0.5) is 19.0 Å². The summed E-state index contributed by atoms with van der Waals surface area (Å²) in [5, 5.41) is 14.9. The fraction of sp³-hybridized carbons (Fsp3) is 0.176. The Morgan fingerprint density at radius 1 is 1.15 bits per heavy atom. The average molecular weight is 394 g/mol. The minimum atomic E-state index is -1.58. The van der Waals surface area contributed by atoms with E-state index in [0.29, 0.717) is 11.3 Å². The molecule has 3 heterocycles. The Hall–Kier alpha value is -2.94. The molecule has 4 rings (SSSR count). The number of hydrogen-bond donors (Lipinski definition) is 1. The highest BCUT2D eigenvalue weighted by atomic mass is 35.5. The smallest absolute Gasteiger partial charge is 0.226 e. The van der Waals surface area contributed by atoms with E-state index in [-0.39, 0.29) is 28.8 Å². The summed E-state index contributed by atoms with van der Waals surface area (Å²) in [6.07, 6.45) is -0.131. The van der Waals surface area contributed by atoms with Crippen LogP contribution in [0.5, 0.6) is 0 Å². The molecule has 0 bridgehead atoms. The van der Waals surface area contributed by atoms with Gasteiger partial charge in [0.15, 0.2) is 28.4 Å². The van der Waals surface area contributed by atoms with Gasteiger partial charge in [-0.3, -0.25) is 4.79 Å². The van der Waals surface area contributed by atoms with Crippen molar-refractivity contribution in [3.63, 3.8) is 0 Å². The SMILES string of the molecule is Cc1nn(-c2ccc(Cl)nn2)c2c1[C@H](c1ccc(F)c(F)c1F)CC(=O)N2. The van der Waals surface area contributed by atoms with Crippen molar-refractivity contribution in [3.05, 3.63) is 63.7 Å². The summed E-state index contributed by atoms with van der Waals surface area (Å²) >= 11 is 5.74. The van der Waals surface area contributed by atoms with Crippen molar-refractivity contribution >= 4 is 23.3 Å². The molecule has 0 radical (unpaired) electrons. The van der Waals surface area contributed by atoms with Gasteiger partial charge in [-0.1, -0.05) is 17.7 Å². The fourth-order valence-corrected chi connectivity index (χ4v) is 3.31. The number of anilines is 1. The first-order valence-corrected chi connectivity index (χ1v) is 8.27. The van der Waals surface area contributed by atoms with Gasteiger partial charge >= 0.3 is 0 Å². The molecule has 1 aliphatic rings. The standard InChI is InChI=1S/C17H11ClF3N5O/c1-7-14-9(8-2-3-10(19)16(21)15(8)20)6-13(27)22-17(14)26(25-7)12-5-4-11(18)23-24-12/h2-5,9H,6H2,1H3,(H,22,27)/t9-/m0/s1. The molecule has 1 N–H and O–H groups in total. The zero-order valence-electron chi connectivity index (χ0n) is 13.8. The highest BCUT2D eigenvalue weighted by Gasteiger charge is 2.35. The molecular weight excluding hydrogens is 383 g/mol. The monoisotopic (exact) mass is 393 g/mol. The lowest BCUT2D eigenvalue weighted by molar-refractivity contribution is -0.116. The second-order valence-corrected chi connectivity index (χ2v) is 6.43. The summed E-state index contributed by atoms with van der Waals surface area (Å²) in [4.78, 5) is 12.2. The Labute approximate surface area is 156 Å². The zero-order chi connectivity index (χ0) is 19.3. The molecule has 1 atom stereocenters. The van der Waals surface area contributed by atoms with Gasteiger partial charge in [-0.15, -0.1) is 10.2 Å². The molecule has 2 aromatic heterocycles. The molecule has 0 aliphatic carbocycles. The quantitative estimate of drug-likeness (QED) is 0.676. The number of aromatic nitrogens is 4. The van der Waals surface area contributed by atoms with E-state index in [9.17, 15) is 18.0 Å². The molecule has 1 aromatic carbocycles. The minimum Gasteiger partial charge on any atom is -0.310 e. The molecule has 1 amide bonds. The number of carbonyl (C=O) groups is 1. The highest BCUT2D eigenvalue weighted by molar-refractivity contribution is 6.29. The molecule has 138 valence electrons. The second kappa shape index (κ2) is 6.34. The minimum absolute atomic E-state index is 0.116. The maximum Gasteiger partial charge on any atom is 0.226 e. The predicted octanol–water partition coefficient (Wildman–Crippen LogP) is 3.52. The van der Waals surface area contributed by atoms with Crippen molar-refractivity contribution in [2.45, 2.75) is 19.3 Å². The van der Waals surface area contributed by atoms with Crippen molar-refractivity contribution < 1.29 is 18.0 Å². The molecule has 0 unspecified atom stereocenters. The van der Waals surface area contributed by atoms with Crippen LogP contribution < -0.4 is 5.32 Å². The first-order valence-electron chi connectivity index (χ1n) is 7.89. The first kappa shape index (κ1) is 17.5. The predicted molar refractivity (Wildman–Crippen MR) is 90.3 cm³/mol. The normalized spacial score (nSPS) is 16.2. The van der Waals surface area contributed by atoms with Gasteiger partial charge < -0.3 is 5.32 Å². The molecule has 10 heteroatoms. The maximum atomic E-state index is 14.4. The van der Waals surface area contributed by atoms with Crippen LogP contribution in [0, 0.1) is 24.4 Å². The lowest BCUT2D eigenvalue weighted by Gasteiger charge is -2.24.